The highest BCUT2D eigenvalue weighted by Gasteiger charge is 2.26. The number of halogens is 2. The van der Waals surface area contributed by atoms with Crippen molar-refractivity contribution in [3.63, 3.8) is 0 Å². The number of sulfone groups is 1. The fourth-order valence-corrected chi connectivity index (χ4v) is 2.01. The van der Waals surface area contributed by atoms with E-state index in [1.165, 1.54) is 23.1 Å². The van der Waals surface area contributed by atoms with Crippen molar-refractivity contribution in [3.8, 4) is 5.69 Å². The molecule has 2 rings (SSSR count). The molecule has 0 aliphatic heterocycles. The number of hydrogen-bond donors (Lipinski definition) is 1. The minimum atomic E-state index is -4.57. The molecule has 6 nitrogen and oxygen atoms in total. The Hall–Kier alpha value is -2.03. The Kier molecular flexibility index (Phi) is 2.99. The topological polar surface area (TPSA) is 90.9 Å². The Bertz CT molecular complexity index is 651. The molecule has 1 aromatic heterocycles. The second-order valence-electron chi connectivity index (χ2n) is 3.35. The van der Waals surface area contributed by atoms with Gasteiger partial charge in [-0.3, -0.25) is 0 Å². The second-order valence-corrected chi connectivity index (χ2v) is 5.26. The van der Waals surface area contributed by atoms with E-state index < -0.39 is 20.5 Å². The van der Waals surface area contributed by atoms with Crippen LogP contribution in [0.3, 0.4) is 0 Å². The quantitative estimate of drug-likeness (QED) is 0.895. The maximum Gasteiger partial charge on any atom is 0.341 e. The minimum Gasteiger partial charge on any atom is -0.366 e. The summed E-state index contributed by atoms with van der Waals surface area (Å²) in [7, 11) is -4.57. The molecule has 0 amide bonds. The second kappa shape index (κ2) is 4.33. The van der Waals surface area contributed by atoms with Crippen molar-refractivity contribution < 1.29 is 17.2 Å². The van der Waals surface area contributed by atoms with E-state index in [-0.39, 0.29) is 5.95 Å². The van der Waals surface area contributed by atoms with Gasteiger partial charge < -0.3 is 5.73 Å². The highest BCUT2D eigenvalue weighted by molar-refractivity contribution is 7.91. The SMILES string of the molecule is Nc1ncn(-c2ccc(S(=O)(=O)C(F)F)cc2)n1. The average Bonchev–Trinajstić information content (AvgIpc) is 2.76. The summed E-state index contributed by atoms with van der Waals surface area (Å²) in [5, 5.41) is 3.79. The van der Waals surface area contributed by atoms with Crippen LogP contribution in [0.5, 0.6) is 0 Å². The first-order valence-electron chi connectivity index (χ1n) is 4.71. The molecule has 9 heteroatoms. The van der Waals surface area contributed by atoms with Crippen LogP contribution in [-0.2, 0) is 9.84 Å². The van der Waals surface area contributed by atoms with E-state index in [0.29, 0.717) is 5.69 Å². The summed E-state index contributed by atoms with van der Waals surface area (Å²) in [6.07, 6.45) is 1.33. The third-order valence-electron chi connectivity index (χ3n) is 2.17. The molecular formula is C9H8F2N4O2S. The van der Waals surface area contributed by atoms with Gasteiger partial charge in [0.2, 0.25) is 15.8 Å². The highest BCUT2D eigenvalue weighted by atomic mass is 32.2. The number of nitrogen functional groups attached to an aromatic ring is 1. The van der Waals surface area contributed by atoms with Crippen LogP contribution in [0.4, 0.5) is 14.7 Å². The maximum atomic E-state index is 12.3. The number of alkyl halides is 2. The van der Waals surface area contributed by atoms with Gasteiger partial charge in [0.05, 0.1) is 10.6 Å². The normalized spacial score (nSPS) is 11.9. The van der Waals surface area contributed by atoms with E-state index in [9.17, 15) is 17.2 Å². The van der Waals surface area contributed by atoms with Crippen molar-refractivity contribution >= 4 is 15.8 Å². The van der Waals surface area contributed by atoms with Crippen molar-refractivity contribution in [1.82, 2.24) is 14.8 Å². The van der Waals surface area contributed by atoms with Gasteiger partial charge in [0.1, 0.15) is 6.33 Å². The van der Waals surface area contributed by atoms with Crippen molar-refractivity contribution in [2.75, 3.05) is 5.73 Å². The molecule has 1 heterocycles. The Labute approximate surface area is 101 Å². The summed E-state index contributed by atoms with van der Waals surface area (Å²) >= 11 is 0. The molecule has 18 heavy (non-hydrogen) atoms. The van der Waals surface area contributed by atoms with E-state index in [0.717, 1.165) is 12.1 Å². The Morgan fingerprint density at radius 1 is 1.22 bits per heavy atom. The zero-order valence-electron chi connectivity index (χ0n) is 8.86. The lowest BCUT2D eigenvalue weighted by Gasteiger charge is -2.04. The number of aromatic nitrogens is 3. The summed E-state index contributed by atoms with van der Waals surface area (Å²) < 4.78 is 48.2. The lowest BCUT2D eigenvalue weighted by atomic mass is 10.3. The molecule has 0 saturated heterocycles. The van der Waals surface area contributed by atoms with Crippen molar-refractivity contribution in [2.24, 2.45) is 0 Å². The van der Waals surface area contributed by atoms with E-state index in [2.05, 4.69) is 10.1 Å². The molecule has 96 valence electrons. The van der Waals surface area contributed by atoms with Crippen molar-refractivity contribution in [3.05, 3.63) is 30.6 Å². The van der Waals surface area contributed by atoms with Gasteiger partial charge in [-0.25, -0.2) is 18.1 Å². The van der Waals surface area contributed by atoms with Crippen LogP contribution in [0.25, 0.3) is 5.69 Å². The number of nitrogens with two attached hydrogens (primary N) is 1. The van der Waals surface area contributed by atoms with Gasteiger partial charge in [-0.2, -0.15) is 8.78 Å². The van der Waals surface area contributed by atoms with E-state index >= 15 is 0 Å². The van der Waals surface area contributed by atoms with E-state index in [1.807, 2.05) is 0 Å². The standard InChI is InChI=1S/C9H8F2N4O2S/c10-8(11)18(16,17)7-3-1-6(2-4-7)15-5-13-9(12)14-15/h1-5,8H,(H2,12,14). The molecule has 0 aliphatic rings. The minimum absolute atomic E-state index is 0.0549. The van der Waals surface area contributed by atoms with Gasteiger partial charge in [-0.15, -0.1) is 5.10 Å². The van der Waals surface area contributed by atoms with Gasteiger partial charge in [0.25, 0.3) is 0 Å². The zero-order valence-corrected chi connectivity index (χ0v) is 9.68. The highest BCUT2D eigenvalue weighted by Crippen LogP contribution is 2.19. The van der Waals surface area contributed by atoms with Gasteiger partial charge in [-0.1, -0.05) is 0 Å². The third kappa shape index (κ3) is 2.16. The maximum absolute atomic E-state index is 12.3. The van der Waals surface area contributed by atoms with Crippen LogP contribution in [0.1, 0.15) is 0 Å². The molecule has 2 N–H and O–H groups in total. The van der Waals surface area contributed by atoms with Crippen LogP contribution < -0.4 is 5.73 Å². The summed E-state index contributed by atoms with van der Waals surface area (Å²) in [6.45, 7) is 0. The lowest BCUT2D eigenvalue weighted by molar-refractivity contribution is 0.234. The van der Waals surface area contributed by atoms with Gasteiger partial charge in [-0.05, 0) is 24.3 Å². The van der Waals surface area contributed by atoms with Crippen molar-refractivity contribution in [2.45, 2.75) is 10.7 Å². The molecule has 0 saturated carbocycles. The Morgan fingerprint density at radius 2 is 1.83 bits per heavy atom. The number of hydrogen-bond acceptors (Lipinski definition) is 5. The molecular weight excluding hydrogens is 266 g/mol. The van der Waals surface area contributed by atoms with E-state index in [1.54, 1.807) is 0 Å². The number of anilines is 1. The van der Waals surface area contributed by atoms with Gasteiger partial charge >= 0.3 is 5.76 Å². The molecule has 0 spiro atoms. The molecule has 1 aromatic carbocycles. The predicted octanol–water partition coefficient (Wildman–Crippen LogP) is 0.846. The summed E-state index contributed by atoms with van der Waals surface area (Å²) in [5.74, 6) is -3.38. The number of nitrogens with zero attached hydrogens (tertiary/aromatic N) is 3. The van der Waals surface area contributed by atoms with Crippen molar-refractivity contribution in [1.29, 1.82) is 0 Å². The van der Waals surface area contributed by atoms with Crippen LogP contribution >= 0.6 is 0 Å². The van der Waals surface area contributed by atoms with Gasteiger partial charge in [0.15, 0.2) is 0 Å². The molecule has 0 radical (unpaired) electrons. The monoisotopic (exact) mass is 274 g/mol. The van der Waals surface area contributed by atoms with E-state index in [4.69, 9.17) is 5.73 Å². The first-order chi connectivity index (χ1) is 8.41. The zero-order chi connectivity index (χ0) is 13.3. The lowest BCUT2D eigenvalue weighted by Crippen LogP contribution is -2.11. The summed E-state index contributed by atoms with van der Waals surface area (Å²) in [5.41, 5.74) is 5.78. The first kappa shape index (κ1) is 12.4. The Balaban J connectivity index is 2.37. The summed E-state index contributed by atoms with van der Waals surface area (Å²) in [6, 6.07) is 4.83. The summed E-state index contributed by atoms with van der Waals surface area (Å²) in [4.78, 5) is 3.23. The largest absolute Gasteiger partial charge is 0.366 e. The fourth-order valence-electron chi connectivity index (χ4n) is 1.29. The average molecular weight is 274 g/mol. The van der Waals surface area contributed by atoms with Crippen LogP contribution in [0.15, 0.2) is 35.5 Å². The molecule has 0 atom stereocenters. The van der Waals surface area contributed by atoms with Crippen LogP contribution in [-0.4, -0.2) is 28.9 Å². The predicted molar refractivity (Wildman–Crippen MR) is 59.0 cm³/mol. The molecule has 0 unspecified atom stereocenters. The first-order valence-corrected chi connectivity index (χ1v) is 6.25. The smallest absolute Gasteiger partial charge is 0.341 e. The Morgan fingerprint density at radius 3 is 2.28 bits per heavy atom. The number of rotatable bonds is 3. The third-order valence-corrected chi connectivity index (χ3v) is 3.57. The fraction of sp³-hybridized carbons (Fsp3) is 0.111. The molecule has 2 aromatic rings. The molecule has 0 bridgehead atoms. The van der Waals surface area contributed by atoms with Crippen LogP contribution in [0.2, 0.25) is 0 Å². The van der Waals surface area contributed by atoms with Gasteiger partial charge in [0, 0.05) is 0 Å². The van der Waals surface area contributed by atoms with Crippen LogP contribution in [0, 0.1) is 0 Å². The molecule has 0 fully saturated rings. The number of benzene rings is 1. The molecule has 0 aliphatic carbocycles.